The summed E-state index contributed by atoms with van der Waals surface area (Å²) in [6.07, 6.45) is 7.63. The Labute approximate surface area is 399 Å². The van der Waals surface area contributed by atoms with E-state index in [0.29, 0.717) is 22.6 Å². The first-order valence-corrected chi connectivity index (χ1v) is 26.0. The predicted octanol–water partition coefficient (Wildman–Crippen LogP) is 14.9. The van der Waals surface area contributed by atoms with Crippen molar-refractivity contribution in [1.29, 1.82) is 0 Å². The molecule has 1 radical (unpaired) electrons. The third kappa shape index (κ3) is 9.03. The molecule has 0 amide bonds. The van der Waals surface area contributed by atoms with Gasteiger partial charge in [-0.3, -0.25) is 0 Å². The number of aromatic nitrogens is 3. The molecule has 0 spiro atoms. The molecule has 5 aromatic heterocycles. The number of furan rings is 2. The van der Waals surface area contributed by atoms with Crippen LogP contribution >= 0.6 is 0 Å². The molecule has 11 rings (SSSR count). The van der Waals surface area contributed by atoms with E-state index < -0.39 is 14.4 Å². The molecule has 5 heterocycles. The summed E-state index contributed by atoms with van der Waals surface area (Å²) in [4.78, 5) is 14.1. The van der Waals surface area contributed by atoms with Crippen LogP contribution in [0, 0.1) is 18.1 Å². The molecular formula is C58H53IrN3O2Si-2. The summed E-state index contributed by atoms with van der Waals surface area (Å²) < 4.78 is 30.5. The van der Waals surface area contributed by atoms with Crippen LogP contribution in [0.5, 0.6) is 0 Å². The van der Waals surface area contributed by atoms with Crippen LogP contribution < -0.4 is 5.19 Å². The molecule has 10 aromatic rings. The van der Waals surface area contributed by atoms with Gasteiger partial charge in [0.1, 0.15) is 5.58 Å². The van der Waals surface area contributed by atoms with Gasteiger partial charge in [-0.15, -0.1) is 36.4 Å². The first-order chi connectivity index (χ1) is 31.9. The van der Waals surface area contributed by atoms with E-state index in [9.17, 15) is 0 Å². The quantitative estimate of drug-likeness (QED) is 0.112. The molecule has 0 bridgehead atoms. The van der Waals surface area contributed by atoms with Gasteiger partial charge in [-0.05, 0) is 64.3 Å². The molecule has 0 saturated heterocycles. The van der Waals surface area contributed by atoms with E-state index in [4.69, 9.17) is 21.5 Å². The zero-order valence-corrected chi connectivity index (χ0v) is 40.9. The standard InChI is InChI=1S/C29H25N2O.C29H28NOSi.Ir/c1-3-8-20(9-4-1)18-21-16-17-30-27(19-21)25-13-7-12-23-24-14-15-26(22-10-5-2-6-11-22)31-29(24)32-28(23)25;1-29(2,20-10-7-6-8-11-20)21-14-16-23-24-12-9-13-25(28(24)31-27(23)18-21)26-17-15-22(19-30-26)32(3,4)5;/h2,5-7,10-12,14-17,19-20H,1,3-4,8-9,18H2;6-12,14-19H,1-5H3;/q2*-1;/i18D2;;. The van der Waals surface area contributed by atoms with Crippen LogP contribution in [0.15, 0.2) is 161 Å². The van der Waals surface area contributed by atoms with Crippen LogP contribution in [-0.2, 0) is 31.9 Å². The van der Waals surface area contributed by atoms with Crippen molar-refractivity contribution in [3.05, 3.63) is 181 Å². The van der Waals surface area contributed by atoms with Crippen molar-refractivity contribution in [2.24, 2.45) is 5.92 Å². The van der Waals surface area contributed by atoms with E-state index in [1.54, 1.807) is 6.20 Å². The van der Waals surface area contributed by atoms with Gasteiger partial charge in [0.05, 0.1) is 24.9 Å². The van der Waals surface area contributed by atoms with Crippen LogP contribution in [0.2, 0.25) is 19.6 Å². The fourth-order valence-corrected chi connectivity index (χ4v) is 10.1. The summed E-state index contributed by atoms with van der Waals surface area (Å²) >= 11 is 0. The van der Waals surface area contributed by atoms with E-state index in [1.165, 1.54) is 22.7 Å². The van der Waals surface area contributed by atoms with Gasteiger partial charge in [0.2, 0.25) is 5.71 Å². The van der Waals surface area contributed by atoms with Gasteiger partial charge >= 0.3 is 0 Å². The average Bonchev–Trinajstić information content (AvgIpc) is 3.93. The number of hydrogen-bond acceptors (Lipinski definition) is 5. The maximum absolute atomic E-state index is 8.87. The van der Waals surface area contributed by atoms with Crippen LogP contribution in [0.3, 0.4) is 0 Å². The third-order valence-corrected chi connectivity index (χ3v) is 14.9. The maximum Gasteiger partial charge on any atom is 0.216 e. The van der Waals surface area contributed by atoms with Crippen LogP contribution in [0.25, 0.3) is 77.8 Å². The third-order valence-electron chi connectivity index (χ3n) is 12.9. The Kier molecular flexibility index (Phi) is 11.9. The molecule has 65 heavy (non-hydrogen) atoms. The predicted molar refractivity (Wildman–Crippen MR) is 267 cm³/mol. The van der Waals surface area contributed by atoms with Crippen molar-refractivity contribution < 1.29 is 31.7 Å². The molecule has 0 aliphatic heterocycles. The number of pyridine rings is 3. The molecule has 7 heteroatoms. The summed E-state index contributed by atoms with van der Waals surface area (Å²) in [5.74, 6) is 0.0445. The van der Waals surface area contributed by atoms with Crippen molar-refractivity contribution in [2.75, 3.05) is 0 Å². The summed E-state index contributed by atoms with van der Waals surface area (Å²) in [6, 6.07) is 53.9. The molecule has 1 saturated carbocycles. The normalized spacial score (nSPS) is 14.2. The Morgan fingerprint density at radius 1 is 0.646 bits per heavy atom. The second kappa shape index (κ2) is 18.5. The zero-order chi connectivity index (χ0) is 45.6. The maximum atomic E-state index is 8.87. The number of nitrogens with zero attached hydrogens (tertiary/aromatic N) is 3. The Bertz CT molecular complexity index is 3340. The second-order valence-corrected chi connectivity index (χ2v) is 23.7. The van der Waals surface area contributed by atoms with Crippen molar-refractivity contribution >= 4 is 57.3 Å². The Morgan fingerprint density at radius 3 is 2.02 bits per heavy atom. The van der Waals surface area contributed by atoms with E-state index >= 15 is 0 Å². The van der Waals surface area contributed by atoms with Gasteiger partial charge in [-0.1, -0.05) is 184 Å². The SMILES string of the molecule is CC(C)(c1ccccc1)c1ccc2c(c1)oc1c(-c3ccc([Si](C)(C)C)cn3)[c-]ccc12.[2H]C([2H])(c1ccnc(-c2[c-]ccc3c2oc2nc(-c4ccccc4)ccc23)c1)C1CCCCC1.[Ir]. The Morgan fingerprint density at radius 2 is 1.31 bits per heavy atom. The van der Waals surface area contributed by atoms with Gasteiger partial charge in [0, 0.05) is 57.0 Å². The first-order valence-electron chi connectivity index (χ1n) is 23.5. The van der Waals surface area contributed by atoms with E-state index in [2.05, 4.69) is 117 Å². The molecular weight excluding hydrogens is 991 g/mol. The fraction of sp³-hybridized carbons (Fsp3) is 0.224. The average molecular weight is 1050 g/mol. The van der Waals surface area contributed by atoms with Crippen molar-refractivity contribution in [3.63, 3.8) is 0 Å². The van der Waals surface area contributed by atoms with E-state index in [0.717, 1.165) is 86.5 Å². The largest absolute Gasteiger partial charge is 0.501 e. The molecule has 0 N–H and O–H groups in total. The van der Waals surface area contributed by atoms with Crippen molar-refractivity contribution in [1.82, 2.24) is 15.0 Å². The monoisotopic (exact) mass is 1050 g/mol. The van der Waals surface area contributed by atoms with Crippen molar-refractivity contribution in [3.8, 4) is 33.8 Å². The van der Waals surface area contributed by atoms with Crippen LogP contribution in [0.1, 0.15) is 65.4 Å². The fourth-order valence-electron chi connectivity index (χ4n) is 9.05. The van der Waals surface area contributed by atoms with Gasteiger partial charge in [0.25, 0.3) is 0 Å². The summed E-state index contributed by atoms with van der Waals surface area (Å²) in [7, 11) is -1.39. The summed E-state index contributed by atoms with van der Waals surface area (Å²) in [6.45, 7) is 11.5. The minimum Gasteiger partial charge on any atom is -0.501 e. The van der Waals surface area contributed by atoms with Crippen LogP contribution in [-0.4, -0.2) is 23.0 Å². The Balaban J connectivity index is 0.000000166. The molecule has 327 valence electrons. The number of hydrogen-bond donors (Lipinski definition) is 0. The summed E-state index contributed by atoms with van der Waals surface area (Å²) in [5.41, 5.74) is 11.2. The van der Waals surface area contributed by atoms with Gasteiger partial charge < -0.3 is 18.8 Å². The number of rotatable bonds is 8. The summed E-state index contributed by atoms with van der Waals surface area (Å²) in [5, 5.41) is 5.48. The number of fused-ring (bicyclic) bond motifs is 6. The topological polar surface area (TPSA) is 65.0 Å². The zero-order valence-electron chi connectivity index (χ0n) is 39.5. The second-order valence-electron chi connectivity index (χ2n) is 18.6. The molecule has 1 aliphatic carbocycles. The van der Waals surface area contributed by atoms with Gasteiger partial charge in [0.15, 0.2) is 0 Å². The molecule has 5 aromatic carbocycles. The number of benzene rings is 5. The molecule has 1 fully saturated rings. The van der Waals surface area contributed by atoms with E-state index in [-0.39, 0.29) is 31.4 Å². The smallest absolute Gasteiger partial charge is 0.216 e. The minimum atomic E-state index is -1.39. The van der Waals surface area contributed by atoms with Gasteiger partial charge in [-0.2, -0.15) is 0 Å². The molecule has 0 unspecified atom stereocenters. The molecule has 0 atom stereocenters. The molecule has 1 aliphatic rings. The molecule has 5 nitrogen and oxygen atoms in total. The minimum absolute atomic E-state index is 0. The van der Waals surface area contributed by atoms with Crippen molar-refractivity contribution in [2.45, 2.75) is 77.4 Å². The Hall–Kier alpha value is -5.98. The first kappa shape index (κ1) is 41.7. The van der Waals surface area contributed by atoms with E-state index in [1.807, 2.05) is 79.0 Å². The van der Waals surface area contributed by atoms with Crippen LogP contribution in [0.4, 0.5) is 0 Å². The van der Waals surface area contributed by atoms with Gasteiger partial charge in [-0.25, -0.2) is 4.98 Å².